The van der Waals surface area contributed by atoms with E-state index in [9.17, 15) is 28.4 Å². The number of hydrogen-bond acceptors (Lipinski definition) is 7. The molecule has 208 valence electrons. The molecule has 1 fully saturated rings. The van der Waals surface area contributed by atoms with E-state index in [1.807, 2.05) is 6.92 Å². The summed E-state index contributed by atoms with van der Waals surface area (Å²) < 4.78 is 29.0. The molecule has 1 heterocycles. The molecule has 0 saturated heterocycles. The van der Waals surface area contributed by atoms with Gasteiger partial charge in [-0.25, -0.2) is 8.42 Å². The number of carbonyl (C=O) groups is 1. The first-order valence-electron chi connectivity index (χ1n) is 13.2. The molecule has 1 atom stereocenters. The molecule has 4 aromatic rings. The number of nitriles is 1. The molecule has 1 aliphatic rings. The van der Waals surface area contributed by atoms with Crippen LogP contribution >= 0.6 is 0 Å². The molecule has 5 rings (SSSR count). The van der Waals surface area contributed by atoms with Crippen LogP contribution in [-0.4, -0.2) is 29.0 Å². The molecule has 0 bridgehead atoms. The third-order valence-corrected chi connectivity index (χ3v) is 9.12. The van der Waals surface area contributed by atoms with E-state index in [-0.39, 0.29) is 10.5 Å². The zero-order chi connectivity index (χ0) is 29.3. The fourth-order valence-electron chi connectivity index (χ4n) is 5.09. The standard InChI is InChI=1S/C31H28N4O5S/c1-2-26(22-7-5-6-20(16-22)18-32)35-27(17-19-10-11-19)34-30(37)28(31(35)38)41(39,40)23-14-12-21(13-15-23)24-8-3-4-9-25(24)29(33)36/h3-9,12-16,19,26,37H,2,10-11,17H2,1H3,(H2,33,36). The second-order valence-electron chi connectivity index (χ2n) is 10.1. The number of benzene rings is 3. The van der Waals surface area contributed by atoms with Gasteiger partial charge in [-0.2, -0.15) is 10.2 Å². The normalized spacial score (nSPS) is 13.9. The van der Waals surface area contributed by atoms with Crippen molar-refractivity contribution in [3.8, 4) is 23.1 Å². The summed E-state index contributed by atoms with van der Waals surface area (Å²) in [7, 11) is -4.50. The summed E-state index contributed by atoms with van der Waals surface area (Å²) in [5, 5.41) is 20.3. The molecule has 1 amide bonds. The Morgan fingerprint density at radius 3 is 2.46 bits per heavy atom. The number of sulfone groups is 1. The summed E-state index contributed by atoms with van der Waals surface area (Å²) >= 11 is 0. The Morgan fingerprint density at radius 2 is 1.83 bits per heavy atom. The van der Waals surface area contributed by atoms with Gasteiger partial charge in [-0.05, 0) is 72.2 Å². The van der Waals surface area contributed by atoms with E-state index in [1.54, 1.807) is 48.5 Å². The van der Waals surface area contributed by atoms with Gasteiger partial charge in [-0.1, -0.05) is 49.4 Å². The van der Waals surface area contributed by atoms with Crippen molar-refractivity contribution in [3.05, 3.63) is 106 Å². The minimum Gasteiger partial charge on any atom is -0.492 e. The van der Waals surface area contributed by atoms with E-state index in [0.717, 1.165) is 12.8 Å². The molecule has 3 aromatic carbocycles. The largest absolute Gasteiger partial charge is 0.492 e. The van der Waals surface area contributed by atoms with Crippen LogP contribution in [0, 0.1) is 17.2 Å². The fraction of sp³-hybridized carbons (Fsp3) is 0.226. The number of aromatic nitrogens is 2. The maximum absolute atomic E-state index is 14.0. The average Bonchev–Trinajstić information content (AvgIpc) is 3.79. The molecule has 41 heavy (non-hydrogen) atoms. The number of hydrogen-bond donors (Lipinski definition) is 2. The van der Waals surface area contributed by atoms with Gasteiger partial charge < -0.3 is 10.8 Å². The Balaban J connectivity index is 1.64. The number of aromatic hydroxyl groups is 1. The highest BCUT2D eigenvalue weighted by Gasteiger charge is 2.33. The van der Waals surface area contributed by atoms with Crippen molar-refractivity contribution < 1.29 is 18.3 Å². The molecule has 0 aliphatic heterocycles. The Labute approximate surface area is 237 Å². The fourth-order valence-corrected chi connectivity index (χ4v) is 6.44. The van der Waals surface area contributed by atoms with Crippen molar-refractivity contribution in [1.29, 1.82) is 5.26 Å². The van der Waals surface area contributed by atoms with E-state index in [4.69, 9.17) is 5.73 Å². The number of nitrogens with two attached hydrogens (primary N) is 1. The van der Waals surface area contributed by atoms with Crippen LogP contribution in [0.15, 0.2) is 87.4 Å². The van der Waals surface area contributed by atoms with Crippen molar-refractivity contribution in [1.82, 2.24) is 9.55 Å². The maximum atomic E-state index is 14.0. The first-order valence-corrected chi connectivity index (χ1v) is 14.7. The van der Waals surface area contributed by atoms with Crippen molar-refractivity contribution in [3.63, 3.8) is 0 Å². The summed E-state index contributed by atoms with van der Waals surface area (Å²) in [6, 6.07) is 20.7. The minimum atomic E-state index is -4.50. The summed E-state index contributed by atoms with van der Waals surface area (Å²) in [6.45, 7) is 1.86. The SMILES string of the molecule is CCC(c1cccc(C#N)c1)n1c(CC2CC2)nc(O)c(S(=O)(=O)c2ccc(-c3ccccc3C(N)=O)cc2)c1=O. The second kappa shape index (κ2) is 11.0. The summed E-state index contributed by atoms with van der Waals surface area (Å²) in [5.41, 5.74) is 7.07. The lowest BCUT2D eigenvalue weighted by atomic mass is 9.99. The van der Waals surface area contributed by atoms with Crippen molar-refractivity contribution >= 4 is 15.7 Å². The van der Waals surface area contributed by atoms with Crippen molar-refractivity contribution in [2.24, 2.45) is 11.7 Å². The molecule has 1 aromatic heterocycles. The molecule has 1 saturated carbocycles. The van der Waals surface area contributed by atoms with Crippen molar-refractivity contribution in [2.75, 3.05) is 0 Å². The van der Waals surface area contributed by atoms with E-state index in [1.165, 1.54) is 28.8 Å². The van der Waals surface area contributed by atoms with Crippen LogP contribution in [0.25, 0.3) is 11.1 Å². The van der Waals surface area contributed by atoms with Gasteiger partial charge >= 0.3 is 0 Å². The van der Waals surface area contributed by atoms with Gasteiger partial charge in [0.1, 0.15) is 5.82 Å². The average molecular weight is 569 g/mol. The molecule has 3 N–H and O–H groups in total. The zero-order valence-corrected chi connectivity index (χ0v) is 23.1. The van der Waals surface area contributed by atoms with Gasteiger partial charge in [0.25, 0.3) is 5.56 Å². The lowest BCUT2D eigenvalue weighted by molar-refractivity contribution is 0.100. The lowest BCUT2D eigenvalue weighted by Gasteiger charge is -2.23. The van der Waals surface area contributed by atoms with E-state index in [0.29, 0.717) is 46.8 Å². The van der Waals surface area contributed by atoms with Gasteiger partial charge in [0.05, 0.1) is 22.6 Å². The highest BCUT2D eigenvalue weighted by molar-refractivity contribution is 7.91. The molecule has 0 radical (unpaired) electrons. The van der Waals surface area contributed by atoms with Gasteiger partial charge in [-0.15, -0.1) is 0 Å². The smallest absolute Gasteiger partial charge is 0.277 e. The number of nitrogens with zero attached hydrogens (tertiary/aromatic N) is 3. The minimum absolute atomic E-state index is 0.215. The van der Waals surface area contributed by atoms with Crippen LogP contribution in [0.5, 0.6) is 5.88 Å². The van der Waals surface area contributed by atoms with Crippen LogP contribution in [-0.2, 0) is 16.3 Å². The molecule has 10 heteroatoms. The van der Waals surface area contributed by atoms with E-state index in [2.05, 4.69) is 11.1 Å². The van der Waals surface area contributed by atoms with Crippen LogP contribution in [0.3, 0.4) is 0 Å². The quantitative estimate of drug-likeness (QED) is 0.304. The maximum Gasteiger partial charge on any atom is 0.277 e. The Morgan fingerprint density at radius 1 is 1.12 bits per heavy atom. The second-order valence-corrected chi connectivity index (χ2v) is 12.0. The number of primary amides is 1. The highest BCUT2D eigenvalue weighted by atomic mass is 32.2. The van der Waals surface area contributed by atoms with E-state index >= 15 is 0 Å². The lowest BCUT2D eigenvalue weighted by Crippen LogP contribution is -2.33. The van der Waals surface area contributed by atoms with Gasteiger partial charge in [0.2, 0.25) is 21.6 Å². The first-order chi connectivity index (χ1) is 19.6. The molecule has 1 unspecified atom stereocenters. The Hall–Kier alpha value is -4.75. The summed E-state index contributed by atoms with van der Waals surface area (Å²) in [4.78, 5) is 29.1. The summed E-state index contributed by atoms with van der Waals surface area (Å²) in [5.74, 6) is -0.855. The molecule has 0 spiro atoms. The molecular formula is C31H28N4O5S. The first kappa shape index (κ1) is 27.8. The van der Waals surface area contributed by atoms with Crippen LogP contribution < -0.4 is 11.3 Å². The van der Waals surface area contributed by atoms with E-state index < -0.39 is 38.1 Å². The Bertz CT molecular complexity index is 1850. The number of carbonyl (C=O) groups excluding carboxylic acids is 1. The van der Waals surface area contributed by atoms with Gasteiger partial charge in [0, 0.05) is 12.0 Å². The topological polar surface area (TPSA) is 156 Å². The Kier molecular flexibility index (Phi) is 7.47. The third kappa shape index (κ3) is 5.36. The third-order valence-electron chi connectivity index (χ3n) is 7.33. The molecule has 9 nitrogen and oxygen atoms in total. The van der Waals surface area contributed by atoms with Crippen LogP contribution in [0.2, 0.25) is 0 Å². The zero-order valence-electron chi connectivity index (χ0n) is 22.3. The summed E-state index contributed by atoms with van der Waals surface area (Å²) in [6.07, 6.45) is 2.77. The molecule has 1 aliphatic carbocycles. The number of rotatable bonds is 9. The monoisotopic (exact) mass is 568 g/mol. The predicted octanol–water partition coefficient (Wildman–Crippen LogP) is 4.37. The predicted molar refractivity (Wildman–Crippen MR) is 152 cm³/mol. The van der Waals surface area contributed by atoms with Crippen LogP contribution in [0.1, 0.15) is 59.5 Å². The number of amides is 1. The van der Waals surface area contributed by atoms with Gasteiger partial charge in [0.15, 0.2) is 4.90 Å². The van der Waals surface area contributed by atoms with Crippen LogP contribution in [0.4, 0.5) is 0 Å². The highest BCUT2D eigenvalue weighted by Crippen LogP contribution is 2.35. The van der Waals surface area contributed by atoms with Gasteiger partial charge in [-0.3, -0.25) is 14.2 Å². The molecular weight excluding hydrogens is 540 g/mol. The van der Waals surface area contributed by atoms with Crippen molar-refractivity contribution in [2.45, 2.75) is 48.4 Å².